The van der Waals surface area contributed by atoms with Crippen LogP contribution in [0.5, 0.6) is 0 Å². The summed E-state index contributed by atoms with van der Waals surface area (Å²) >= 11 is 0. The molecule has 2 aliphatic heterocycles. The Hall–Kier alpha value is -3.41. The molecule has 6 nitrogen and oxygen atoms in total. The number of anilines is 1. The van der Waals surface area contributed by atoms with Crippen LogP contribution in [-0.2, 0) is 12.8 Å². The highest BCUT2D eigenvalue weighted by atomic mass is 16.3. The molecule has 29 heavy (non-hydrogen) atoms. The summed E-state index contributed by atoms with van der Waals surface area (Å²) in [5.41, 5.74) is 7.10. The van der Waals surface area contributed by atoms with E-state index in [0.29, 0.717) is 11.4 Å². The summed E-state index contributed by atoms with van der Waals surface area (Å²) in [5.74, 6) is 0. The number of rotatable bonds is 0. The van der Waals surface area contributed by atoms with Gasteiger partial charge in [-0.05, 0) is 55.5 Å². The number of hydrogen-bond acceptors (Lipinski definition) is 5. The zero-order valence-electron chi connectivity index (χ0n) is 15.8. The zero-order chi connectivity index (χ0) is 19.1. The van der Waals surface area contributed by atoms with Crippen molar-refractivity contribution < 1.29 is 4.42 Å². The number of fused-ring (bicyclic) bond motifs is 7. The summed E-state index contributed by atoms with van der Waals surface area (Å²) in [4.78, 5) is 24.3. The zero-order valence-corrected chi connectivity index (χ0v) is 15.8. The molecular weight excluding hydrogens is 364 g/mol. The molecule has 5 aromatic rings. The van der Waals surface area contributed by atoms with Crippen molar-refractivity contribution in [2.24, 2.45) is 0 Å². The molecule has 2 aliphatic rings. The Kier molecular flexibility index (Phi) is 2.86. The summed E-state index contributed by atoms with van der Waals surface area (Å²) in [6.07, 6.45) is 4.43. The number of nitrogens with zero attached hydrogens (tertiary/aromatic N) is 4. The van der Waals surface area contributed by atoms with Gasteiger partial charge in [0.2, 0.25) is 5.71 Å². The highest BCUT2D eigenvalue weighted by molar-refractivity contribution is 6.00. The maximum absolute atomic E-state index is 12.8. The Bertz CT molecular complexity index is 1540. The van der Waals surface area contributed by atoms with E-state index in [1.54, 1.807) is 4.40 Å². The van der Waals surface area contributed by atoms with Gasteiger partial charge < -0.3 is 9.32 Å². The fraction of sp³-hybridized carbons (Fsp3) is 0.261. The number of para-hydroxylation sites is 2. The van der Waals surface area contributed by atoms with E-state index in [0.717, 1.165) is 59.7 Å². The molecule has 5 heterocycles. The van der Waals surface area contributed by atoms with Gasteiger partial charge in [-0.15, -0.1) is 0 Å². The first kappa shape index (κ1) is 15.5. The predicted molar refractivity (Wildman–Crippen MR) is 113 cm³/mol. The van der Waals surface area contributed by atoms with E-state index in [2.05, 4.69) is 22.0 Å². The molecule has 0 N–H and O–H groups in total. The van der Waals surface area contributed by atoms with Crippen molar-refractivity contribution in [1.82, 2.24) is 14.4 Å². The van der Waals surface area contributed by atoms with Gasteiger partial charge in [-0.2, -0.15) is 4.98 Å². The van der Waals surface area contributed by atoms with Gasteiger partial charge in [0.25, 0.3) is 0 Å². The van der Waals surface area contributed by atoms with Crippen molar-refractivity contribution in [2.75, 3.05) is 18.0 Å². The third-order valence-electron chi connectivity index (χ3n) is 6.42. The molecule has 2 aromatic carbocycles. The van der Waals surface area contributed by atoms with Crippen LogP contribution >= 0.6 is 0 Å². The fourth-order valence-electron chi connectivity index (χ4n) is 5.23. The van der Waals surface area contributed by atoms with Gasteiger partial charge >= 0.3 is 5.69 Å². The molecule has 0 saturated heterocycles. The van der Waals surface area contributed by atoms with Gasteiger partial charge in [-0.25, -0.2) is 14.2 Å². The van der Waals surface area contributed by atoms with E-state index in [1.807, 2.05) is 24.3 Å². The summed E-state index contributed by atoms with van der Waals surface area (Å²) < 4.78 is 7.90. The first-order valence-electron chi connectivity index (χ1n) is 10.2. The van der Waals surface area contributed by atoms with E-state index in [4.69, 9.17) is 9.40 Å². The largest absolute Gasteiger partial charge is 0.437 e. The summed E-state index contributed by atoms with van der Waals surface area (Å²) in [7, 11) is 0. The second-order valence-electron chi connectivity index (χ2n) is 8.09. The van der Waals surface area contributed by atoms with E-state index >= 15 is 0 Å². The monoisotopic (exact) mass is 382 g/mol. The van der Waals surface area contributed by atoms with E-state index in [9.17, 15) is 4.79 Å². The van der Waals surface area contributed by atoms with Gasteiger partial charge in [0.05, 0.1) is 16.4 Å². The van der Waals surface area contributed by atoms with Crippen LogP contribution in [0.1, 0.15) is 24.0 Å². The molecule has 0 unspecified atom stereocenters. The number of benzene rings is 2. The van der Waals surface area contributed by atoms with Crippen molar-refractivity contribution in [3.8, 4) is 0 Å². The highest BCUT2D eigenvalue weighted by Gasteiger charge is 2.27. The Morgan fingerprint density at radius 1 is 1.00 bits per heavy atom. The standard InChI is InChI=1S/C23H18N4O2/c28-23-25-22-16(21-24-17-7-1-2-8-18(17)27(21)23)12-14-11-13-5-3-9-26-10-4-6-15(19(13)26)20(14)29-22/h1-2,7-8,11-12H,3-6,9-10H2. The van der Waals surface area contributed by atoms with Crippen molar-refractivity contribution in [1.29, 1.82) is 0 Å². The lowest BCUT2D eigenvalue weighted by Crippen LogP contribution is -2.34. The third kappa shape index (κ3) is 1.98. The second kappa shape index (κ2) is 5.35. The molecule has 0 spiro atoms. The molecule has 142 valence electrons. The second-order valence-corrected chi connectivity index (χ2v) is 8.09. The first-order chi connectivity index (χ1) is 14.3. The average Bonchev–Trinajstić information content (AvgIpc) is 3.14. The quantitative estimate of drug-likeness (QED) is 0.381. The molecule has 0 amide bonds. The van der Waals surface area contributed by atoms with Gasteiger partial charge in [-0.3, -0.25) is 0 Å². The van der Waals surface area contributed by atoms with Gasteiger partial charge in [0.1, 0.15) is 5.58 Å². The minimum absolute atomic E-state index is 0.350. The van der Waals surface area contributed by atoms with Crippen molar-refractivity contribution in [2.45, 2.75) is 25.7 Å². The van der Waals surface area contributed by atoms with E-state index in [-0.39, 0.29) is 5.69 Å². The first-order valence-corrected chi connectivity index (χ1v) is 10.2. The minimum Gasteiger partial charge on any atom is -0.437 e. The lowest BCUT2D eigenvalue weighted by Gasteiger charge is -2.37. The summed E-state index contributed by atoms with van der Waals surface area (Å²) in [5, 5.41) is 1.85. The molecule has 0 radical (unpaired) electrons. The number of imidazole rings is 1. The molecule has 6 heteroatoms. The Balaban J connectivity index is 1.65. The Labute approximate surface area is 165 Å². The average molecular weight is 382 g/mol. The summed E-state index contributed by atoms with van der Waals surface area (Å²) in [6.45, 7) is 2.23. The van der Waals surface area contributed by atoms with Crippen LogP contribution in [0.15, 0.2) is 45.6 Å². The Morgan fingerprint density at radius 2 is 1.86 bits per heavy atom. The smallest absolute Gasteiger partial charge is 0.357 e. The molecule has 0 aliphatic carbocycles. The van der Waals surface area contributed by atoms with Crippen molar-refractivity contribution in [3.63, 3.8) is 0 Å². The van der Waals surface area contributed by atoms with Crippen LogP contribution in [0, 0.1) is 0 Å². The van der Waals surface area contributed by atoms with Crippen LogP contribution in [0.25, 0.3) is 38.7 Å². The van der Waals surface area contributed by atoms with Crippen molar-refractivity contribution >= 4 is 44.4 Å². The normalized spacial score (nSPS) is 16.2. The molecular formula is C23H18N4O2. The molecule has 7 rings (SSSR count). The van der Waals surface area contributed by atoms with Gasteiger partial charge in [0, 0.05) is 29.7 Å². The number of hydrogen-bond donors (Lipinski definition) is 0. The SMILES string of the molecule is O=c1nc2oc3c4c5c(cc3cc2c2nc3ccccc3n12)CCCN5CCC4. The molecule has 3 aromatic heterocycles. The van der Waals surface area contributed by atoms with E-state index in [1.165, 1.54) is 23.2 Å². The molecule has 0 fully saturated rings. The lowest BCUT2D eigenvalue weighted by atomic mass is 9.90. The molecule has 0 saturated carbocycles. The number of aromatic nitrogens is 3. The van der Waals surface area contributed by atoms with Crippen LogP contribution in [0.3, 0.4) is 0 Å². The minimum atomic E-state index is -0.350. The maximum Gasteiger partial charge on any atom is 0.357 e. The van der Waals surface area contributed by atoms with Gasteiger partial charge in [0.15, 0.2) is 5.65 Å². The van der Waals surface area contributed by atoms with Crippen LogP contribution < -0.4 is 10.6 Å². The van der Waals surface area contributed by atoms with Gasteiger partial charge in [-0.1, -0.05) is 12.1 Å². The predicted octanol–water partition coefficient (Wildman–Crippen LogP) is 3.84. The fourth-order valence-corrected chi connectivity index (χ4v) is 5.23. The van der Waals surface area contributed by atoms with E-state index < -0.39 is 0 Å². The summed E-state index contributed by atoms with van der Waals surface area (Å²) in [6, 6.07) is 12.0. The number of aryl methyl sites for hydroxylation is 2. The Morgan fingerprint density at radius 3 is 2.79 bits per heavy atom. The highest BCUT2D eigenvalue weighted by Crippen LogP contribution is 2.41. The molecule has 0 bridgehead atoms. The van der Waals surface area contributed by atoms with Crippen LogP contribution in [0.4, 0.5) is 5.69 Å². The molecule has 0 atom stereocenters. The van der Waals surface area contributed by atoms with Crippen molar-refractivity contribution in [3.05, 3.63) is 58.0 Å². The third-order valence-corrected chi connectivity index (χ3v) is 6.42. The topological polar surface area (TPSA) is 63.6 Å². The maximum atomic E-state index is 12.8. The van der Waals surface area contributed by atoms with Crippen LogP contribution in [0.2, 0.25) is 0 Å². The lowest BCUT2D eigenvalue weighted by molar-refractivity contribution is 0.607. The van der Waals surface area contributed by atoms with Crippen LogP contribution in [-0.4, -0.2) is 27.5 Å².